The van der Waals surface area contributed by atoms with Crippen LogP contribution in [0.15, 0.2) is 0 Å². The molecule has 6 heteroatoms. The van der Waals surface area contributed by atoms with Gasteiger partial charge in [-0.25, -0.2) is 0 Å². The first-order valence-electron chi connectivity index (χ1n) is 2.56. The molecule has 0 saturated carbocycles. The summed E-state index contributed by atoms with van der Waals surface area (Å²) in [7, 11) is 1.59. The fourth-order valence-electron chi connectivity index (χ4n) is 0.151. The molecule has 0 aromatic heterocycles. The molecule has 0 bridgehead atoms. The van der Waals surface area contributed by atoms with Crippen LogP contribution < -0.4 is 5.32 Å². The summed E-state index contributed by atoms with van der Waals surface area (Å²) in [5.41, 5.74) is 0. The van der Waals surface area contributed by atoms with E-state index in [0.29, 0.717) is 0 Å². The lowest BCUT2D eigenvalue weighted by Gasteiger charge is -1.84. The number of nitrogens with one attached hydrogen (secondary N) is 1. The molecule has 5 nitrogen and oxygen atoms in total. The lowest BCUT2D eigenvalue weighted by Crippen LogP contribution is -2.16. The number of carboxylic acids is 2. The first-order chi connectivity index (χ1) is 4.50. The predicted molar refractivity (Wildman–Crippen MR) is 42.1 cm³/mol. The van der Waals surface area contributed by atoms with Gasteiger partial charge in [-0.3, -0.25) is 9.59 Å². The van der Waals surface area contributed by atoms with Gasteiger partial charge in [0, 0.05) is 6.92 Å². The Balaban J connectivity index is -0.000000114. The third-order valence-corrected chi connectivity index (χ3v) is 0.328. The molecule has 0 aromatic carbocycles. The van der Waals surface area contributed by atoms with Gasteiger partial charge in [0.15, 0.2) is 0 Å². The molecule has 0 atom stereocenters. The van der Waals surface area contributed by atoms with Crippen molar-refractivity contribution in [1.82, 2.24) is 5.32 Å². The molecular formula is C5H12ClNO4. The van der Waals surface area contributed by atoms with E-state index in [1.807, 2.05) is 0 Å². The maximum Gasteiger partial charge on any atom is 0.317 e. The van der Waals surface area contributed by atoms with Crippen molar-refractivity contribution in [3.8, 4) is 0 Å². The minimum Gasteiger partial charge on any atom is -0.481 e. The molecule has 0 aliphatic rings. The zero-order valence-corrected chi connectivity index (χ0v) is 7.14. The van der Waals surface area contributed by atoms with Crippen molar-refractivity contribution in [3.05, 3.63) is 0 Å². The number of hydrogen-bond acceptors (Lipinski definition) is 3. The van der Waals surface area contributed by atoms with Crippen molar-refractivity contribution in [2.24, 2.45) is 0 Å². The summed E-state index contributed by atoms with van der Waals surface area (Å²) < 4.78 is 0. The summed E-state index contributed by atoms with van der Waals surface area (Å²) >= 11 is 0. The Morgan fingerprint density at radius 2 is 1.64 bits per heavy atom. The lowest BCUT2D eigenvalue weighted by atomic mass is 10.7. The molecule has 0 saturated heterocycles. The zero-order chi connectivity index (χ0) is 8.57. The van der Waals surface area contributed by atoms with E-state index in [4.69, 9.17) is 15.0 Å². The molecule has 0 unspecified atom stereocenters. The maximum absolute atomic E-state index is 9.54. The van der Waals surface area contributed by atoms with Crippen molar-refractivity contribution >= 4 is 24.3 Å². The van der Waals surface area contributed by atoms with Crippen LogP contribution in [0, 0.1) is 0 Å². The quantitative estimate of drug-likeness (QED) is 0.555. The smallest absolute Gasteiger partial charge is 0.317 e. The van der Waals surface area contributed by atoms with Gasteiger partial charge in [-0.1, -0.05) is 0 Å². The van der Waals surface area contributed by atoms with E-state index >= 15 is 0 Å². The average Bonchev–Trinajstić information content (AvgIpc) is 1.62. The van der Waals surface area contributed by atoms with Gasteiger partial charge in [0.05, 0.1) is 6.54 Å². The number of halogens is 1. The Morgan fingerprint density at radius 1 is 1.36 bits per heavy atom. The fourth-order valence-corrected chi connectivity index (χ4v) is 0.151. The van der Waals surface area contributed by atoms with Crippen LogP contribution in [0.2, 0.25) is 0 Å². The van der Waals surface area contributed by atoms with E-state index in [1.165, 1.54) is 0 Å². The Bertz CT molecular complexity index is 113. The minimum absolute atomic E-state index is 0. The number of rotatable bonds is 2. The van der Waals surface area contributed by atoms with Gasteiger partial charge >= 0.3 is 5.97 Å². The monoisotopic (exact) mass is 185 g/mol. The van der Waals surface area contributed by atoms with Gasteiger partial charge < -0.3 is 15.5 Å². The maximum atomic E-state index is 9.54. The second-order valence-corrected chi connectivity index (χ2v) is 1.44. The van der Waals surface area contributed by atoms with Crippen LogP contribution in [0.3, 0.4) is 0 Å². The zero-order valence-electron chi connectivity index (χ0n) is 6.33. The summed E-state index contributed by atoms with van der Waals surface area (Å²) in [4.78, 5) is 18.5. The summed E-state index contributed by atoms with van der Waals surface area (Å²) in [6, 6.07) is 0. The van der Waals surface area contributed by atoms with E-state index in [0.717, 1.165) is 6.92 Å². The van der Waals surface area contributed by atoms with Crippen molar-refractivity contribution < 1.29 is 19.8 Å². The summed E-state index contributed by atoms with van der Waals surface area (Å²) in [5.74, 6) is -1.66. The number of likely N-dealkylation sites (N-methyl/N-ethyl adjacent to an activating group) is 1. The van der Waals surface area contributed by atoms with E-state index in [-0.39, 0.29) is 19.0 Å². The van der Waals surface area contributed by atoms with Crippen LogP contribution in [0.4, 0.5) is 0 Å². The predicted octanol–water partition coefficient (Wildman–Crippen LogP) is -0.197. The second kappa shape index (κ2) is 11.9. The molecule has 0 aliphatic carbocycles. The first-order valence-corrected chi connectivity index (χ1v) is 2.56. The third kappa shape index (κ3) is 99.1. The average molecular weight is 186 g/mol. The van der Waals surface area contributed by atoms with Crippen LogP contribution in [0.1, 0.15) is 6.92 Å². The normalized spacial score (nSPS) is 6.73. The van der Waals surface area contributed by atoms with E-state index in [9.17, 15) is 4.79 Å². The van der Waals surface area contributed by atoms with Gasteiger partial charge in [0.25, 0.3) is 5.97 Å². The topological polar surface area (TPSA) is 86.6 Å². The Hall–Kier alpha value is -0.810. The van der Waals surface area contributed by atoms with Crippen LogP contribution in [-0.2, 0) is 9.59 Å². The number of aliphatic carboxylic acids is 2. The van der Waals surface area contributed by atoms with Gasteiger partial charge in [-0.2, -0.15) is 0 Å². The third-order valence-electron chi connectivity index (χ3n) is 0.328. The first kappa shape index (κ1) is 16.6. The van der Waals surface area contributed by atoms with Gasteiger partial charge in [0.2, 0.25) is 0 Å². The van der Waals surface area contributed by atoms with Gasteiger partial charge in [-0.05, 0) is 7.05 Å². The SMILES string of the molecule is CC(=O)O.CNCC(=O)O.Cl. The number of carboxylic acid groups (broad SMARTS) is 2. The molecule has 68 valence electrons. The van der Waals surface area contributed by atoms with E-state index in [2.05, 4.69) is 5.32 Å². The van der Waals surface area contributed by atoms with Gasteiger partial charge in [-0.15, -0.1) is 12.4 Å². The molecule has 0 aromatic rings. The molecule has 0 aliphatic heterocycles. The molecular weight excluding hydrogens is 174 g/mol. The van der Waals surface area contributed by atoms with Gasteiger partial charge in [0.1, 0.15) is 0 Å². The van der Waals surface area contributed by atoms with E-state index in [1.54, 1.807) is 7.05 Å². The van der Waals surface area contributed by atoms with Crippen LogP contribution in [0.25, 0.3) is 0 Å². The fraction of sp³-hybridized carbons (Fsp3) is 0.600. The van der Waals surface area contributed by atoms with Crippen molar-refractivity contribution in [1.29, 1.82) is 0 Å². The highest BCUT2D eigenvalue weighted by Gasteiger charge is 1.86. The van der Waals surface area contributed by atoms with Crippen LogP contribution >= 0.6 is 12.4 Å². The highest BCUT2D eigenvalue weighted by Crippen LogP contribution is 1.50. The van der Waals surface area contributed by atoms with Crippen molar-refractivity contribution in [3.63, 3.8) is 0 Å². The Morgan fingerprint density at radius 3 is 1.64 bits per heavy atom. The molecule has 0 spiro atoms. The standard InChI is InChI=1S/C3H7NO2.C2H4O2.ClH/c1-4-2-3(5)6;1-2(3)4;/h4H,2H2,1H3,(H,5,6);1H3,(H,3,4);1H. The van der Waals surface area contributed by atoms with Crippen LogP contribution in [0.5, 0.6) is 0 Å². The largest absolute Gasteiger partial charge is 0.481 e. The summed E-state index contributed by atoms with van der Waals surface area (Å²) in [6.07, 6.45) is 0. The summed E-state index contributed by atoms with van der Waals surface area (Å²) in [5, 5.41) is 17.7. The molecule has 11 heavy (non-hydrogen) atoms. The number of hydrogen-bond donors (Lipinski definition) is 3. The van der Waals surface area contributed by atoms with Crippen molar-refractivity contribution in [2.75, 3.05) is 13.6 Å². The highest BCUT2D eigenvalue weighted by molar-refractivity contribution is 5.85. The molecule has 0 heterocycles. The Labute approximate surface area is 70.8 Å². The van der Waals surface area contributed by atoms with Crippen LogP contribution in [-0.4, -0.2) is 35.7 Å². The summed E-state index contributed by atoms with van der Waals surface area (Å²) in [6.45, 7) is 1.12. The van der Waals surface area contributed by atoms with Crippen molar-refractivity contribution in [2.45, 2.75) is 6.92 Å². The van der Waals surface area contributed by atoms with E-state index < -0.39 is 11.9 Å². The lowest BCUT2D eigenvalue weighted by molar-refractivity contribution is -0.136. The molecule has 0 rings (SSSR count). The molecule has 3 N–H and O–H groups in total. The highest BCUT2D eigenvalue weighted by atomic mass is 35.5. The molecule has 0 fully saturated rings. The second-order valence-electron chi connectivity index (χ2n) is 1.44. The minimum atomic E-state index is -0.833. The molecule has 0 radical (unpaired) electrons. The number of carbonyl (C=O) groups is 2. The molecule has 0 amide bonds. The Kier molecular flexibility index (Phi) is 18.0.